The summed E-state index contributed by atoms with van der Waals surface area (Å²) < 4.78 is 0. The zero-order chi connectivity index (χ0) is 17.1. The number of aromatic hydroxyl groups is 2. The molecule has 1 fully saturated rings. The molecule has 0 saturated carbocycles. The fourth-order valence-electron chi connectivity index (χ4n) is 2.36. The summed E-state index contributed by atoms with van der Waals surface area (Å²) in [4.78, 5) is 26.0. The van der Waals surface area contributed by atoms with Crippen LogP contribution in [0.5, 0.6) is 11.5 Å². The molecule has 0 aliphatic carbocycles. The lowest BCUT2D eigenvalue weighted by Crippen LogP contribution is -2.30. The minimum atomic E-state index is -0.339. The molecule has 0 spiro atoms. The number of phenols is 2. The van der Waals surface area contributed by atoms with Crippen LogP contribution >= 0.6 is 11.8 Å². The van der Waals surface area contributed by atoms with E-state index in [0.717, 1.165) is 17.3 Å². The number of hydrogen-bond donors (Lipinski definition) is 2. The third-order valence-corrected chi connectivity index (χ3v) is 4.55. The summed E-state index contributed by atoms with van der Waals surface area (Å²) in [5, 5.41) is 18.5. The molecule has 122 valence electrons. The first-order chi connectivity index (χ1) is 11.5. The minimum Gasteiger partial charge on any atom is -0.504 e. The Labute approximate surface area is 143 Å². The van der Waals surface area contributed by atoms with Crippen molar-refractivity contribution in [3.63, 3.8) is 0 Å². The Hall–Kier alpha value is -2.73. The molecule has 0 radical (unpaired) electrons. The number of phenolic OH excluding ortho intramolecular Hbond substituents is 2. The van der Waals surface area contributed by atoms with Crippen molar-refractivity contribution in [2.75, 3.05) is 6.54 Å². The van der Waals surface area contributed by atoms with E-state index in [4.69, 9.17) is 0 Å². The monoisotopic (exact) mass is 341 g/mol. The van der Waals surface area contributed by atoms with Crippen LogP contribution in [0.15, 0.2) is 53.4 Å². The number of carbonyl (C=O) groups excluding carboxylic acids is 2. The van der Waals surface area contributed by atoms with Gasteiger partial charge in [-0.3, -0.25) is 14.5 Å². The molecule has 0 unspecified atom stereocenters. The second kappa shape index (κ2) is 6.80. The van der Waals surface area contributed by atoms with Gasteiger partial charge in [0.05, 0.1) is 4.91 Å². The van der Waals surface area contributed by atoms with Gasteiger partial charge in [0.25, 0.3) is 11.1 Å². The van der Waals surface area contributed by atoms with E-state index in [0.29, 0.717) is 23.4 Å². The topological polar surface area (TPSA) is 77.8 Å². The van der Waals surface area contributed by atoms with Gasteiger partial charge in [-0.2, -0.15) is 0 Å². The number of nitrogens with zero attached hydrogens (tertiary/aromatic N) is 1. The van der Waals surface area contributed by atoms with E-state index >= 15 is 0 Å². The van der Waals surface area contributed by atoms with Gasteiger partial charge in [-0.15, -0.1) is 0 Å². The van der Waals surface area contributed by atoms with Gasteiger partial charge in [-0.25, -0.2) is 0 Å². The third kappa shape index (κ3) is 3.44. The molecule has 2 aromatic carbocycles. The standard InChI is InChI=1S/C18H15NO4S/c20-14-7-6-13(10-15(14)21)11-16-17(22)19(18(23)24-16)9-8-12-4-2-1-3-5-12/h1-7,10-11,20-21H,8-9H2/b16-11+. The maximum atomic E-state index is 12.4. The molecule has 3 rings (SSSR count). The molecule has 5 nitrogen and oxygen atoms in total. The Morgan fingerprint density at radius 3 is 2.46 bits per heavy atom. The molecule has 1 saturated heterocycles. The molecule has 2 amide bonds. The Morgan fingerprint density at radius 2 is 1.75 bits per heavy atom. The molecule has 1 aliphatic rings. The van der Waals surface area contributed by atoms with Crippen LogP contribution in [0.2, 0.25) is 0 Å². The molecular weight excluding hydrogens is 326 g/mol. The number of hydrogen-bond acceptors (Lipinski definition) is 5. The molecule has 6 heteroatoms. The van der Waals surface area contributed by atoms with E-state index in [9.17, 15) is 19.8 Å². The van der Waals surface area contributed by atoms with Crippen LogP contribution in [0.25, 0.3) is 6.08 Å². The quantitative estimate of drug-likeness (QED) is 0.658. The summed E-state index contributed by atoms with van der Waals surface area (Å²) in [5.74, 6) is -0.844. The van der Waals surface area contributed by atoms with Gasteiger partial charge >= 0.3 is 0 Å². The van der Waals surface area contributed by atoms with E-state index in [1.54, 1.807) is 6.07 Å². The van der Waals surface area contributed by atoms with Crippen LogP contribution in [0.1, 0.15) is 11.1 Å². The lowest BCUT2D eigenvalue weighted by molar-refractivity contribution is -0.122. The normalized spacial score (nSPS) is 16.2. The fraction of sp³-hybridized carbons (Fsp3) is 0.111. The van der Waals surface area contributed by atoms with Crippen molar-refractivity contribution in [3.05, 3.63) is 64.6 Å². The summed E-state index contributed by atoms with van der Waals surface area (Å²) in [6.07, 6.45) is 2.14. The van der Waals surface area contributed by atoms with Crippen molar-refractivity contribution in [1.29, 1.82) is 0 Å². The first-order valence-corrected chi connectivity index (χ1v) is 8.17. The Kier molecular flexibility index (Phi) is 4.57. The van der Waals surface area contributed by atoms with Gasteiger partial charge < -0.3 is 10.2 Å². The average Bonchev–Trinajstić information content (AvgIpc) is 2.84. The van der Waals surface area contributed by atoms with Crippen molar-refractivity contribution >= 4 is 29.0 Å². The summed E-state index contributed by atoms with van der Waals surface area (Å²) in [6.45, 7) is 0.326. The highest BCUT2D eigenvalue weighted by atomic mass is 32.2. The van der Waals surface area contributed by atoms with Crippen molar-refractivity contribution in [1.82, 2.24) is 4.90 Å². The van der Waals surface area contributed by atoms with Gasteiger partial charge in [-0.1, -0.05) is 36.4 Å². The third-order valence-electron chi connectivity index (χ3n) is 3.64. The van der Waals surface area contributed by atoms with Crippen LogP contribution in [0.3, 0.4) is 0 Å². The largest absolute Gasteiger partial charge is 0.504 e. The predicted molar refractivity (Wildman–Crippen MR) is 92.6 cm³/mol. The van der Waals surface area contributed by atoms with E-state index in [1.165, 1.54) is 23.1 Å². The van der Waals surface area contributed by atoms with Gasteiger partial charge in [0.2, 0.25) is 0 Å². The molecule has 2 aromatic rings. The fourth-order valence-corrected chi connectivity index (χ4v) is 3.23. The van der Waals surface area contributed by atoms with E-state index in [2.05, 4.69) is 0 Å². The van der Waals surface area contributed by atoms with E-state index < -0.39 is 0 Å². The molecule has 0 bridgehead atoms. The van der Waals surface area contributed by atoms with Crippen LogP contribution in [-0.4, -0.2) is 32.8 Å². The SMILES string of the molecule is O=C1S/C(=C/c2ccc(O)c(O)c2)C(=O)N1CCc1ccccc1. The second-order valence-electron chi connectivity index (χ2n) is 5.32. The Morgan fingerprint density at radius 1 is 1.00 bits per heavy atom. The zero-order valence-electron chi connectivity index (χ0n) is 12.7. The first kappa shape index (κ1) is 16.1. The molecular formula is C18H15NO4S. The van der Waals surface area contributed by atoms with Crippen molar-refractivity contribution in [2.24, 2.45) is 0 Å². The Bertz CT molecular complexity index is 817. The number of benzene rings is 2. The number of carbonyl (C=O) groups is 2. The van der Waals surface area contributed by atoms with Gasteiger partial charge in [0.15, 0.2) is 11.5 Å². The summed E-state index contributed by atoms with van der Waals surface area (Å²) in [6, 6.07) is 13.9. The number of rotatable bonds is 4. The van der Waals surface area contributed by atoms with Crippen LogP contribution in [-0.2, 0) is 11.2 Å². The van der Waals surface area contributed by atoms with E-state index in [-0.39, 0.29) is 22.6 Å². The molecule has 2 N–H and O–H groups in total. The lowest BCUT2D eigenvalue weighted by Gasteiger charge is -2.12. The molecule has 0 aromatic heterocycles. The highest BCUT2D eigenvalue weighted by Gasteiger charge is 2.34. The van der Waals surface area contributed by atoms with Crippen molar-refractivity contribution in [3.8, 4) is 11.5 Å². The van der Waals surface area contributed by atoms with Gasteiger partial charge in [0.1, 0.15) is 0 Å². The molecule has 1 heterocycles. The maximum absolute atomic E-state index is 12.4. The summed E-state index contributed by atoms with van der Waals surface area (Å²) >= 11 is 0.876. The summed E-state index contributed by atoms with van der Waals surface area (Å²) in [7, 11) is 0. The van der Waals surface area contributed by atoms with Crippen molar-refractivity contribution < 1.29 is 19.8 Å². The number of imide groups is 1. The van der Waals surface area contributed by atoms with Gasteiger partial charge in [0, 0.05) is 6.54 Å². The lowest BCUT2D eigenvalue weighted by atomic mass is 10.1. The Balaban J connectivity index is 1.73. The van der Waals surface area contributed by atoms with Crippen LogP contribution in [0.4, 0.5) is 4.79 Å². The number of thioether (sulfide) groups is 1. The molecule has 1 aliphatic heterocycles. The molecule has 24 heavy (non-hydrogen) atoms. The highest BCUT2D eigenvalue weighted by Crippen LogP contribution is 2.33. The minimum absolute atomic E-state index is 0.233. The summed E-state index contributed by atoms with van der Waals surface area (Å²) in [5.41, 5.74) is 1.60. The number of amides is 2. The van der Waals surface area contributed by atoms with Crippen LogP contribution in [0, 0.1) is 0 Å². The maximum Gasteiger partial charge on any atom is 0.293 e. The first-order valence-electron chi connectivity index (χ1n) is 7.36. The predicted octanol–water partition coefficient (Wildman–Crippen LogP) is 3.38. The van der Waals surface area contributed by atoms with E-state index in [1.807, 2.05) is 30.3 Å². The molecule has 0 atom stereocenters. The highest BCUT2D eigenvalue weighted by molar-refractivity contribution is 8.18. The second-order valence-corrected chi connectivity index (χ2v) is 6.31. The van der Waals surface area contributed by atoms with Gasteiger partial charge in [-0.05, 0) is 47.5 Å². The average molecular weight is 341 g/mol. The zero-order valence-corrected chi connectivity index (χ0v) is 13.5. The van der Waals surface area contributed by atoms with Crippen molar-refractivity contribution in [2.45, 2.75) is 6.42 Å². The van der Waals surface area contributed by atoms with Crippen LogP contribution < -0.4 is 0 Å². The smallest absolute Gasteiger partial charge is 0.293 e.